The maximum absolute atomic E-state index is 14.0. The van der Waals surface area contributed by atoms with Crippen molar-refractivity contribution in [2.45, 2.75) is 39.3 Å². The van der Waals surface area contributed by atoms with E-state index in [0.717, 1.165) is 5.56 Å². The van der Waals surface area contributed by atoms with Gasteiger partial charge in [0.05, 0.1) is 19.2 Å². The van der Waals surface area contributed by atoms with Gasteiger partial charge in [0, 0.05) is 48.1 Å². The van der Waals surface area contributed by atoms with Crippen LogP contribution in [-0.4, -0.2) is 47.5 Å². The average Bonchev–Trinajstić information content (AvgIpc) is 2.91. The first-order chi connectivity index (χ1) is 19.0. The van der Waals surface area contributed by atoms with E-state index in [1.54, 1.807) is 62.8 Å². The normalized spacial score (nSPS) is 11.3. The van der Waals surface area contributed by atoms with Crippen LogP contribution in [0.5, 0.6) is 11.5 Å². The molecule has 2 N–H and O–H groups in total. The van der Waals surface area contributed by atoms with E-state index >= 15 is 0 Å². The van der Waals surface area contributed by atoms with Crippen molar-refractivity contribution in [2.24, 2.45) is 0 Å². The molecule has 10 nitrogen and oxygen atoms in total. The number of methoxy groups -OCH3 is 2. The summed E-state index contributed by atoms with van der Waals surface area (Å²) in [6.45, 7) is 5.71. The maximum atomic E-state index is 14.0. The SMILES string of the molecule is CNc1ncc2cc(-c3cc(OC)cc(OC)c3Cl)c(=O)n(CCc3cccc(NC(=O)OC(C)(C)C)c3)c2n1. The Morgan fingerprint density at radius 2 is 1.85 bits per heavy atom. The molecule has 0 spiro atoms. The van der Waals surface area contributed by atoms with Crippen molar-refractivity contribution in [1.82, 2.24) is 14.5 Å². The quantitative estimate of drug-likeness (QED) is 0.277. The van der Waals surface area contributed by atoms with Crippen LogP contribution in [0.25, 0.3) is 22.2 Å². The van der Waals surface area contributed by atoms with E-state index in [4.69, 9.17) is 25.8 Å². The summed E-state index contributed by atoms with van der Waals surface area (Å²) >= 11 is 6.65. The van der Waals surface area contributed by atoms with Crippen LogP contribution in [0, 0.1) is 0 Å². The van der Waals surface area contributed by atoms with E-state index in [1.165, 1.54) is 14.2 Å². The average molecular weight is 566 g/mol. The molecule has 0 bridgehead atoms. The Bertz CT molecular complexity index is 1610. The Morgan fingerprint density at radius 1 is 1.07 bits per heavy atom. The molecule has 0 unspecified atom stereocenters. The van der Waals surface area contributed by atoms with Crippen LogP contribution >= 0.6 is 11.6 Å². The fourth-order valence-electron chi connectivity index (χ4n) is 4.18. The number of rotatable bonds is 8. The zero-order valence-electron chi connectivity index (χ0n) is 23.3. The van der Waals surface area contributed by atoms with Gasteiger partial charge in [0.25, 0.3) is 5.56 Å². The number of aryl methyl sites for hydroxylation is 2. The standard InChI is InChI=1S/C29H32ClN5O5/c1-29(2,3)40-28(37)33-19-9-7-8-17(12-19)10-11-35-25-18(16-32-27(31-4)34-25)13-22(26(35)36)21-14-20(38-5)15-23(39-6)24(21)30/h7-9,12-16H,10-11H2,1-6H3,(H,33,37)(H,31,32,34). The predicted molar refractivity (Wildman–Crippen MR) is 157 cm³/mol. The number of carbonyl (C=O) groups excluding carboxylic acids is 1. The van der Waals surface area contributed by atoms with Crippen LogP contribution in [-0.2, 0) is 17.7 Å². The van der Waals surface area contributed by atoms with Crippen LogP contribution in [0.3, 0.4) is 0 Å². The number of nitrogens with zero attached hydrogens (tertiary/aromatic N) is 3. The minimum Gasteiger partial charge on any atom is -0.497 e. The molecule has 0 saturated carbocycles. The number of hydrogen-bond acceptors (Lipinski definition) is 8. The van der Waals surface area contributed by atoms with Crippen LogP contribution in [0.1, 0.15) is 26.3 Å². The number of aromatic nitrogens is 3. The summed E-state index contributed by atoms with van der Waals surface area (Å²) in [5.41, 5.74) is 1.90. The number of amides is 1. The largest absolute Gasteiger partial charge is 0.497 e. The Labute approximate surface area is 237 Å². The van der Waals surface area contributed by atoms with Crippen molar-refractivity contribution in [2.75, 3.05) is 31.9 Å². The highest BCUT2D eigenvalue weighted by atomic mass is 35.5. The smallest absolute Gasteiger partial charge is 0.412 e. The van der Waals surface area contributed by atoms with E-state index in [-0.39, 0.29) is 5.56 Å². The van der Waals surface area contributed by atoms with Crippen LogP contribution in [0.15, 0.2) is 53.5 Å². The second-order valence-corrected chi connectivity index (χ2v) is 10.4. The Hall–Kier alpha value is -4.31. The topological polar surface area (TPSA) is 117 Å². The number of halogens is 1. The third-order valence-electron chi connectivity index (χ3n) is 6.01. The molecular formula is C29H32ClN5O5. The van der Waals surface area contributed by atoms with Crippen molar-refractivity contribution in [1.29, 1.82) is 0 Å². The zero-order chi connectivity index (χ0) is 29.0. The van der Waals surface area contributed by atoms with Crippen molar-refractivity contribution < 1.29 is 19.0 Å². The molecule has 0 radical (unpaired) electrons. The minimum atomic E-state index is -0.612. The van der Waals surface area contributed by atoms with Gasteiger partial charge in [-0.2, -0.15) is 4.98 Å². The van der Waals surface area contributed by atoms with Crippen LogP contribution < -0.4 is 25.7 Å². The van der Waals surface area contributed by atoms with Gasteiger partial charge in [0.1, 0.15) is 22.7 Å². The van der Waals surface area contributed by atoms with Crippen molar-refractivity contribution in [3.8, 4) is 22.6 Å². The first-order valence-corrected chi connectivity index (χ1v) is 13.0. The first-order valence-electron chi connectivity index (χ1n) is 12.6. The number of hydrogen-bond donors (Lipinski definition) is 2. The zero-order valence-corrected chi connectivity index (χ0v) is 24.0. The number of fused-ring (bicyclic) bond motifs is 1. The van der Waals surface area contributed by atoms with Gasteiger partial charge in [-0.1, -0.05) is 23.7 Å². The Balaban J connectivity index is 1.75. The van der Waals surface area contributed by atoms with Gasteiger partial charge in [-0.3, -0.25) is 14.7 Å². The maximum Gasteiger partial charge on any atom is 0.412 e. The lowest BCUT2D eigenvalue weighted by atomic mass is 10.0. The number of anilines is 2. The number of ether oxygens (including phenoxy) is 3. The lowest BCUT2D eigenvalue weighted by Crippen LogP contribution is -2.27. The minimum absolute atomic E-state index is 0.284. The molecule has 40 heavy (non-hydrogen) atoms. The number of benzene rings is 2. The number of pyridine rings is 1. The van der Waals surface area contributed by atoms with Gasteiger partial charge in [-0.15, -0.1) is 0 Å². The predicted octanol–water partition coefficient (Wildman–Crippen LogP) is 5.76. The summed E-state index contributed by atoms with van der Waals surface area (Å²) in [6, 6.07) is 12.5. The second-order valence-electron chi connectivity index (χ2n) is 10.0. The second kappa shape index (κ2) is 11.8. The molecule has 210 valence electrons. The third kappa shape index (κ3) is 6.45. The van der Waals surface area contributed by atoms with Gasteiger partial charge in [-0.05, 0) is 57.0 Å². The highest BCUT2D eigenvalue weighted by Crippen LogP contribution is 2.38. The summed E-state index contributed by atoms with van der Waals surface area (Å²) in [5, 5.41) is 6.63. The summed E-state index contributed by atoms with van der Waals surface area (Å²) in [4.78, 5) is 35.1. The molecule has 0 aliphatic rings. The third-order valence-corrected chi connectivity index (χ3v) is 6.40. The summed E-state index contributed by atoms with van der Waals surface area (Å²) in [7, 11) is 4.75. The fraction of sp³-hybridized carbons (Fsp3) is 0.310. The summed E-state index contributed by atoms with van der Waals surface area (Å²) < 4.78 is 17.8. The van der Waals surface area contributed by atoms with Crippen molar-refractivity contribution >= 4 is 40.4 Å². The molecule has 0 atom stereocenters. The van der Waals surface area contributed by atoms with E-state index in [9.17, 15) is 9.59 Å². The highest BCUT2D eigenvalue weighted by molar-refractivity contribution is 6.35. The van der Waals surface area contributed by atoms with Crippen LogP contribution in [0.4, 0.5) is 16.4 Å². The monoisotopic (exact) mass is 565 g/mol. The van der Waals surface area contributed by atoms with Gasteiger partial charge in [-0.25, -0.2) is 9.78 Å². The van der Waals surface area contributed by atoms with Gasteiger partial charge in [0.2, 0.25) is 5.95 Å². The van der Waals surface area contributed by atoms with Crippen molar-refractivity contribution in [3.05, 3.63) is 69.6 Å². The lowest BCUT2D eigenvalue weighted by molar-refractivity contribution is 0.0636. The molecule has 0 fully saturated rings. The summed E-state index contributed by atoms with van der Waals surface area (Å²) in [5.74, 6) is 1.27. The Kier molecular flexibility index (Phi) is 8.49. The lowest BCUT2D eigenvalue weighted by Gasteiger charge is -2.19. The molecule has 0 aliphatic heterocycles. The van der Waals surface area contributed by atoms with Crippen LogP contribution in [0.2, 0.25) is 5.02 Å². The van der Waals surface area contributed by atoms with Gasteiger partial charge < -0.3 is 19.5 Å². The molecule has 2 aromatic heterocycles. The Morgan fingerprint density at radius 3 is 2.52 bits per heavy atom. The first kappa shape index (κ1) is 28.7. The molecule has 4 rings (SSSR count). The van der Waals surface area contributed by atoms with E-state index in [2.05, 4.69) is 20.6 Å². The van der Waals surface area contributed by atoms with Crippen molar-refractivity contribution in [3.63, 3.8) is 0 Å². The fourth-order valence-corrected chi connectivity index (χ4v) is 4.47. The van der Waals surface area contributed by atoms with E-state index in [1.807, 2.05) is 18.2 Å². The number of carbonyl (C=O) groups is 1. The van der Waals surface area contributed by atoms with Gasteiger partial charge in [0.15, 0.2) is 0 Å². The molecule has 11 heteroatoms. The molecule has 2 aromatic carbocycles. The highest BCUT2D eigenvalue weighted by Gasteiger charge is 2.20. The summed E-state index contributed by atoms with van der Waals surface area (Å²) in [6.07, 6.45) is 1.60. The number of nitrogens with one attached hydrogen (secondary N) is 2. The molecule has 0 saturated heterocycles. The molecule has 2 heterocycles. The molecule has 4 aromatic rings. The molecule has 0 aliphatic carbocycles. The van der Waals surface area contributed by atoms with E-state index in [0.29, 0.717) is 63.3 Å². The van der Waals surface area contributed by atoms with Gasteiger partial charge >= 0.3 is 6.09 Å². The molecular weight excluding hydrogens is 534 g/mol. The molecule has 1 amide bonds. The van der Waals surface area contributed by atoms with E-state index < -0.39 is 11.7 Å².